The van der Waals surface area contributed by atoms with Crippen LogP contribution in [0.4, 0.5) is 5.69 Å². The van der Waals surface area contributed by atoms with E-state index in [1.165, 1.54) is 0 Å². The standard InChI is InChI=1S/C25H38N4O4S/c1-3-27-13-4-5-21(27)18-26-34(32,33)22-6-7-23-20(17-22)12-16-29(23)25(31)9-8-24(30)28-14-10-19(2)11-15-28/h6-7,17,19,21,26H,3-5,8-16,18H2,1-2H3. The van der Waals surface area contributed by atoms with E-state index in [0.29, 0.717) is 25.4 Å². The number of likely N-dealkylation sites (tertiary alicyclic amines) is 2. The molecule has 0 bridgehead atoms. The highest BCUT2D eigenvalue weighted by atomic mass is 32.2. The zero-order chi connectivity index (χ0) is 24.3. The lowest BCUT2D eigenvalue weighted by atomic mass is 9.99. The summed E-state index contributed by atoms with van der Waals surface area (Å²) in [6.07, 6.45) is 5.19. The Bertz CT molecular complexity index is 1000. The zero-order valence-electron chi connectivity index (χ0n) is 20.5. The van der Waals surface area contributed by atoms with Gasteiger partial charge in [0.05, 0.1) is 4.90 Å². The molecule has 1 aromatic rings. The molecule has 9 heteroatoms. The van der Waals surface area contributed by atoms with E-state index >= 15 is 0 Å². The molecule has 1 N–H and O–H groups in total. The van der Waals surface area contributed by atoms with Crippen molar-refractivity contribution in [1.82, 2.24) is 14.5 Å². The summed E-state index contributed by atoms with van der Waals surface area (Å²) in [5, 5.41) is 0. The minimum Gasteiger partial charge on any atom is -0.343 e. The Morgan fingerprint density at radius 3 is 2.50 bits per heavy atom. The fraction of sp³-hybridized carbons (Fsp3) is 0.680. The van der Waals surface area contributed by atoms with Crippen molar-refractivity contribution in [2.45, 2.75) is 69.7 Å². The number of carbonyl (C=O) groups excluding carboxylic acids is 2. The number of likely N-dealkylation sites (N-methyl/N-ethyl adjacent to an activating group) is 1. The molecule has 2 fully saturated rings. The van der Waals surface area contributed by atoms with Crippen LogP contribution in [0.2, 0.25) is 0 Å². The van der Waals surface area contributed by atoms with Crippen molar-refractivity contribution in [3.63, 3.8) is 0 Å². The molecule has 4 rings (SSSR count). The molecule has 0 aliphatic carbocycles. The minimum atomic E-state index is -3.61. The van der Waals surface area contributed by atoms with Gasteiger partial charge in [0.25, 0.3) is 0 Å². The van der Waals surface area contributed by atoms with Crippen molar-refractivity contribution in [3.8, 4) is 0 Å². The molecular weight excluding hydrogens is 452 g/mol. The molecule has 2 saturated heterocycles. The fourth-order valence-electron chi connectivity index (χ4n) is 5.40. The van der Waals surface area contributed by atoms with Crippen LogP contribution in [0, 0.1) is 5.92 Å². The molecule has 1 atom stereocenters. The van der Waals surface area contributed by atoms with E-state index in [1.807, 2.05) is 4.90 Å². The van der Waals surface area contributed by atoms with Crippen LogP contribution in [0.1, 0.15) is 57.9 Å². The molecule has 3 aliphatic heterocycles. The number of nitrogens with zero attached hydrogens (tertiary/aromatic N) is 3. The summed E-state index contributed by atoms with van der Waals surface area (Å²) in [6.45, 7) is 8.76. The van der Waals surface area contributed by atoms with Crippen molar-refractivity contribution >= 4 is 27.5 Å². The van der Waals surface area contributed by atoms with Crippen molar-refractivity contribution in [2.24, 2.45) is 5.92 Å². The van der Waals surface area contributed by atoms with Crippen molar-refractivity contribution in [1.29, 1.82) is 0 Å². The number of piperidine rings is 1. The lowest BCUT2D eigenvalue weighted by Gasteiger charge is -2.30. The van der Waals surface area contributed by atoms with Crippen molar-refractivity contribution in [3.05, 3.63) is 23.8 Å². The largest absolute Gasteiger partial charge is 0.343 e. The summed E-state index contributed by atoms with van der Waals surface area (Å²) in [4.78, 5) is 31.5. The highest BCUT2D eigenvalue weighted by molar-refractivity contribution is 7.89. The van der Waals surface area contributed by atoms with Crippen LogP contribution in [-0.4, -0.2) is 75.3 Å². The number of fused-ring (bicyclic) bond motifs is 1. The van der Waals surface area contributed by atoms with Gasteiger partial charge in [0.15, 0.2) is 0 Å². The Kier molecular flexibility index (Phi) is 7.94. The van der Waals surface area contributed by atoms with Crippen LogP contribution in [0.15, 0.2) is 23.1 Å². The first-order valence-corrected chi connectivity index (χ1v) is 14.2. The molecule has 34 heavy (non-hydrogen) atoms. The molecular formula is C25H38N4O4S. The second kappa shape index (κ2) is 10.7. The van der Waals surface area contributed by atoms with Gasteiger partial charge >= 0.3 is 0 Å². The zero-order valence-corrected chi connectivity index (χ0v) is 21.3. The molecule has 8 nitrogen and oxygen atoms in total. The van der Waals surface area contributed by atoms with Gasteiger partial charge in [-0.3, -0.25) is 14.5 Å². The van der Waals surface area contributed by atoms with E-state index in [2.05, 4.69) is 23.5 Å². The maximum atomic E-state index is 12.9. The molecule has 0 spiro atoms. The van der Waals surface area contributed by atoms with E-state index in [9.17, 15) is 18.0 Å². The second-order valence-corrected chi connectivity index (χ2v) is 11.7. The van der Waals surface area contributed by atoms with E-state index < -0.39 is 10.0 Å². The number of benzene rings is 1. The first kappa shape index (κ1) is 25.1. The molecule has 3 heterocycles. The third-order valence-electron chi connectivity index (χ3n) is 7.66. The van der Waals surface area contributed by atoms with E-state index in [-0.39, 0.29) is 35.6 Å². The molecule has 2 amide bonds. The number of sulfonamides is 1. The predicted molar refractivity (Wildman–Crippen MR) is 132 cm³/mol. The first-order chi connectivity index (χ1) is 16.3. The first-order valence-electron chi connectivity index (χ1n) is 12.7. The quantitative estimate of drug-likeness (QED) is 0.604. The van der Waals surface area contributed by atoms with E-state index in [0.717, 1.165) is 63.1 Å². The normalized spacial score (nSPS) is 21.8. The Morgan fingerprint density at radius 2 is 1.76 bits per heavy atom. The van der Waals surface area contributed by atoms with Gasteiger partial charge in [0.1, 0.15) is 0 Å². The average molecular weight is 491 g/mol. The molecule has 0 saturated carbocycles. The number of amides is 2. The van der Waals surface area contributed by atoms with Crippen LogP contribution < -0.4 is 9.62 Å². The van der Waals surface area contributed by atoms with Crippen molar-refractivity contribution in [2.75, 3.05) is 44.2 Å². The highest BCUT2D eigenvalue weighted by Crippen LogP contribution is 2.31. The number of hydrogen-bond donors (Lipinski definition) is 1. The summed E-state index contributed by atoms with van der Waals surface area (Å²) in [5.74, 6) is 0.632. The van der Waals surface area contributed by atoms with Crippen LogP contribution >= 0.6 is 0 Å². The Labute approximate surface area is 203 Å². The van der Waals surface area contributed by atoms with Gasteiger partial charge in [-0.25, -0.2) is 13.1 Å². The Hall–Kier alpha value is -1.97. The summed E-state index contributed by atoms with van der Waals surface area (Å²) in [7, 11) is -3.61. The second-order valence-electron chi connectivity index (χ2n) is 9.93. The molecule has 0 aromatic heterocycles. The molecule has 3 aliphatic rings. The van der Waals surface area contributed by atoms with Crippen LogP contribution in [-0.2, 0) is 26.0 Å². The maximum Gasteiger partial charge on any atom is 0.240 e. The molecule has 1 unspecified atom stereocenters. The van der Waals surface area contributed by atoms with Gasteiger partial charge in [-0.2, -0.15) is 0 Å². The summed E-state index contributed by atoms with van der Waals surface area (Å²) < 4.78 is 28.6. The molecule has 1 aromatic carbocycles. The lowest BCUT2D eigenvalue weighted by Crippen LogP contribution is -2.40. The van der Waals surface area contributed by atoms with Crippen LogP contribution in [0.25, 0.3) is 0 Å². The van der Waals surface area contributed by atoms with Gasteiger partial charge in [0, 0.05) is 50.7 Å². The number of nitrogens with one attached hydrogen (secondary N) is 1. The van der Waals surface area contributed by atoms with Crippen LogP contribution in [0.5, 0.6) is 0 Å². The van der Waals surface area contributed by atoms with Gasteiger partial charge in [-0.15, -0.1) is 0 Å². The van der Waals surface area contributed by atoms with Gasteiger partial charge < -0.3 is 9.80 Å². The molecule has 188 valence electrons. The van der Waals surface area contributed by atoms with Gasteiger partial charge in [0.2, 0.25) is 21.8 Å². The average Bonchev–Trinajstić information content (AvgIpc) is 3.47. The predicted octanol–water partition coefficient (Wildman–Crippen LogP) is 2.38. The van der Waals surface area contributed by atoms with E-state index in [1.54, 1.807) is 23.1 Å². The maximum absolute atomic E-state index is 12.9. The number of hydrogen-bond acceptors (Lipinski definition) is 5. The number of rotatable bonds is 8. The van der Waals surface area contributed by atoms with Crippen LogP contribution in [0.3, 0.4) is 0 Å². The Morgan fingerprint density at radius 1 is 1.03 bits per heavy atom. The topological polar surface area (TPSA) is 90.0 Å². The summed E-state index contributed by atoms with van der Waals surface area (Å²) >= 11 is 0. The molecule has 0 radical (unpaired) electrons. The lowest BCUT2D eigenvalue weighted by molar-refractivity contribution is -0.134. The minimum absolute atomic E-state index is 0.0519. The third-order valence-corrected chi connectivity index (χ3v) is 9.08. The highest BCUT2D eigenvalue weighted by Gasteiger charge is 2.29. The number of carbonyl (C=O) groups is 2. The summed E-state index contributed by atoms with van der Waals surface area (Å²) in [6, 6.07) is 5.26. The van der Waals surface area contributed by atoms with Gasteiger partial charge in [-0.1, -0.05) is 13.8 Å². The smallest absolute Gasteiger partial charge is 0.240 e. The van der Waals surface area contributed by atoms with Crippen molar-refractivity contribution < 1.29 is 18.0 Å². The number of anilines is 1. The summed E-state index contributed by atoms with van der Waals surface area (Å²) in [5.41, 5.74) is 1.62. The van der Waals surface area contributed by atoms with Gasteiger partial charge in [-0.05, 0) is 74.9 Å². The van der Waals surface area contributed by atoms with E-state index in [4.69, 9.17) is 0 Å². The monoisotopic (exact) mass is 490 g/mol. The fourth-order valence-corrected chi connectivity index (χ4v) is 6.52. The third kappa shape index (κ3) is 5.63. The SMILES string of the molecule is CCN1CCCC1CNS(=O)(=O)c1ccc2c(c1)CCN2C(=O)CCC(=O)N1CCC(C)CC1. The Balaban J connectivity index is 1.33.